The number of nitro benzene ring substituents is 1. The average molecular weight is 420 g/mol. The molecule has 1 amide bonds. The molecular formula is C20H25N3O5S. The van der Waals surface area contributed by atoms with Crippen LogP contribution in [0.25, 0.3) is 0 Å². The third kappa shape index (κ3) is 6.02. The molecule has 9 heteroatoms. The Labute approximate surface area is 170 Å². The first-order valence-corrected chi connectivity index (χ1v) is 11.1. The van der Waals surface area contributed by atoms with E-state index in [1.165, 1.54) is 25.1 Å². The molecule has 0 bridgehead atoms. The summed E-state index contributed by atoms with van der Waals surface area (Å²) in [6.45, 7) is 3.55. The van der Waals surface area contributed by atoms with Crippen LogP contribution >= 0.6 is 0 Å². The molecule has 0 aliphatic rings. The van der Waals surface area contributed by atoms with E-state index in [0.717, 1.165) is 41.5 Å². The van der Waals surface area contributed by atoms with Crippen molar-refractivity contribution in [2.45, 2.75) is 39.2 Å². The molecule has 0 aromatic heterocycles. The number of rotatable bonds is 9. The van der Waals surface area contributed by atoms with Crippen LogP contribution in [0.2, 0.25) is 0 Å². The number of anilines is 2. The minimum atomic E-state index is -3.86. The Bertz CT molecular complexity index is 974. The van der Waals surface area contributed by atoms with E-state index >= 15 is 0 Å². The molecule has 1 atom stereocenters. The minimum absolute atomic E-state index is 0.0549. The third-order valence-corrected chi connectivity index (χ3v) is 5.67. The molecule has 1 unspecified atom stereocenters. The number of benzene rings is 2. The molecule has 1 N–H and O–H groups in total. The Hall–Kier alpha value is -2.94. The van der Waals surface area contributed by atoms with E-state index < -0.39 is 26.9 Å². The smallest absolute Gasteiger partial charge is 0.271 e. The van der Waals surface area contributed by atoms with Gasteiger partial charge in [0.2, 0.25) is 15.9 Å². The van der Waals surface area contributed by atoms with Crippen LogP contribution in [-0.2, 0) is 21.2 Å². The minimum Gasteiger partial charge on any atom is -0.324 e. The first kappa shape index (κ1) is 22.4. The normalized spacial score (nSPS) is 12.2. The predicted octanol–water partition coefficient (Wildman–Crippen LogP) is 3.73. The molecule has 0 fully saturated rings. The van der Waals surface area contributed by atoms with Crippen molar-refractivity contribution < 1.29 is 18.1 Å². The van der Waals surface area contributed by atoms with Crippen molar-refractivity contribution in [2.24, 2.45) is 0 Å². The summed E-state index contributed by atoms with van der Waals surface area (Å²) in [6, 6.07) is 11.5. The molecular weight excluding hydrogens is 394 g/mol. The van der Waals surface area contributed by atoms with Gasteiger partial charge >= 0.3 is 0 Å². The summed E-state index contributed by atoms with van der Waals surface area (Å²) in [4.78, 5) is 23.1. The molecule has 0 spiro atoms. The van der Waals surface area contributed by atoms with E-state index in [1.807, 2.05) is 12.1 Å². The maximum atomic E-state index is 12.7. The molecule has 8 nitrogen and oxygen atoms in total. The molecule has 0 saturated carbocycles. The largest absolute Gasteiger partial charge is 0.324 e. The highest BCUT2D eigenvalue weighted by Crippen LogP contribution is 2.26. The number of sulfonamides is 1. The highest BCUT2D eigenvalue weighted by Gasteiger charge is 2.30. The lowest BCUT2D eigenvalue weighted by Gasteiger charge is -2.28. The number of carbonyl (C=O) groups excluding carboxylic acids is 1. The Morgan fingerprint density at radius 3 is 2.41 bits per heavy atom. The van der Waals surface area contributed by atoms with Gasteiger partial charge < -0.3 is 5.32 Å². The van der Waals surface area contributed by atoms with Crippen molar-refractivity contribution in [3.8, 4) is 0 Å². The molecule has 0 aliphatic carbocycles. The zero-order valence-corrected chi connectivity index (χ0v) is 17.5. The number of non-ortho nitro benzene ring substituents is 1. The van der Waals surface area contributed by atoms with E-state index in [-0.39, 0.29) is 11.4 Å². The summed E-state index contributed by atoms with van der Waals surface area (Å²) in [6.07, 6.45) is 4.08. The number of unbranched alkanes of at least 4 members (excludes halogenated alkanes) is 1. The molecule has 156 valence electrons. The zero-order chi connectivity index (χ0) is 21.6. The molecule has 2 aromatic carbocycles. The van der Waals surface area contributed by atoms with Crippen LogP contribution in [0.15, 0.2) is 48.5 Å². The summed E-state index contributed by atoms with van der Waals surface area (Å²) < 4.78 is 25.5. The lowest BCUT2D eigenvalue weighted by atomic mass is 10.1. The molecule has 2 rings (SSSR count). The number of hydrogen-bond donors (Lipinski definition) is 1. The number of aryl methyl sites for hydroxylation is 1. The van der Waals surface area contributed by atoms with Crippen molar-refractivity contribution in [2.75, 3.05) is 15.9 Å². The second kappa shape index (κ2) is 9.51. The monoisotopic (exact) mass is 419 g/mol. The lowest BCUT2D eigenvalue weighted by molar-refractivity contribution is -0.384. The predicted molar refractivity (Wildman–Crippen MR) is 114 cm³/mol. The molecule has 29 heavy (non-hydrogen) atoms. The maximum absolute atomic E-state index is 12.7. The third-order valence-electron chi connectivity index (χ3n) is 4.42. The van der Waals surface area contributed by atoms with Gasteiger partial charge in [-0.3, -0.25) is 19.2 Å². The second-order valence-corrected chi connectivity index (χ2v) is 8.66. The van der Waals surface area contributed by atoms with Gasteiger partial charge in [-0.15, -0.1) is 0 Å². The number of nitrogens with one attached hydrogen (secondary N) is 1. The van der Waals surface area contributed by atoms with Gasteiger partial charge in [-0.05, 0) is 43.5 Å². The number of nitro groups is 1. The van der Waals surface area contributed by atoms with E-state index in [1.54, 1.807) is 12.1 Å². The highest BCUT2D eigenvalue weighted by molar-refractivity contribution is 7.92. The Morgan fingerprint density at radius 2 is 1.86 bits per heavy atom. The van der Waals surface area contributed by atoms with Gasteiger partial charge in [-0.25, -0.2) is 8.42 Å². The quantitative estimate of drug-likeness (QED) is 0.492. The van der Waals surface area contributed by atoms with E-state index in [4.69, 9.17) is 0 Å². The molecule has 0 aliphatic heterocycles. The molecule has 2 aromatic rings. The standard InChI is InChI=1S/C20H25N3O5S/c1-4-5-7-16-10-12-17(13-11-16)21-20(24)15(2)22(29(3,27)28)18-8-6-9-19(14-18)23(25)26/h6,8-15H,4-5,7H2,1-3H3,(H,21,24). The van der Waals surface area contributed by atoms with Gasteiger partial charge in [0.1, 0.15) is 6.04 Å². The summed E-state index contributed by atoms with van der Waals surface area (Å²) in [7, 11) is -3.86. The topological polar surface area (TPSA) is 110 Å². The first-order chi connectivity index (χ1) is 13.6. The van der Waals surface area contributed by atoms with E-state index in [9.17, 15) is 23.3 Å². The molecule has 0 heterocycles. The number of amides is 1. The highest BCUT2D eigenvalue weighted by atomic mass is 32.2. The fraction of sp³-hybridized carbons (Fsp3) is 0.350. The van der Waals surface area contributed by atoms with Crippen molar-refractivity contribution in [1.29, 1.82) is 0 Å². The first-order valence-electron chi connectivity index (χ1n) is 9.27. The van der Waals surface area contributed by atoms with Gasteiger partial charge in [0, 0.05) is 17.8 Å². The fourth-order valence-electron chi connectivity index (χ4n) is 2.93. The summed E-state index contributed by atoms with van der Waals surface area (Å²) in [5.41, 5.74) is 1.51. The van der Waals surface area contributed by atoms with Crippen LogP contribution in [0.4, 0.5) is 17.1 Å². The van der Waals surface area contributed by atoms with Crippen molar-refractivity contribution in [1.82, 2.24) is 0 Å². The van der Waals surface area contributed by atoms with Gasteiger partial charge in [0.25, 0.3) is 5.69 Å². The summed E-state index contributed by atoms with van der Waals surface area (Å²) in [5.74, 6) is -0.539. The fourth-order valence-corrected chi connectivity index (χ4v) is 4.10. The maximum Gasteiger partial charge on any atom is 0.271 e. The van der Waals surface area contributed by atoms with Crippen LogP contribution in [0, 0.1) is 10.1 Å². The van der Waals surface area contributed by atoms with Crippen LogP contribution in [-0.4, -0.2) is 31.5 Å². The second-order valence-electron chi connectivity index (χ2n) is 6.80. The van der Waals surface area contributed by atoms with Crippen LogP contribution in [0.3, 0.4) is 0 Å². The van der Waals surface area contributed by atoms with Crippen molar-refractivity contribution in [3.63, 3.8) is 0 Å². The SMILES string of the molecule is CCCCc1ccc(NC(=O)C(C)N(c2cccc([N+](=O)[O-])c2)S(C)(=O)=O)cc1. The lowest BCUT2D eigenvalue weighted by Crippen LogP contribution is -2.45. The number of carbonyl (C=O) groups is 1. The zero-order valence-electron chi connectivity index (χ0n) is 16.7. The van der Waals surface area contributed by atoms with Gasteiger partial charge in [0.15, 0.2) is 0 Å². The van der Waals surface area contributed by atoms with Crippen LogP contribution in [0.1, 0.15) is 32.3 Å². The molecule has 0 saturated heterocycles. The molecule has 0 radical (unpaired) electrons. The van der Waals surface area contributed by atoms with Crippen LogP contribution in [0.5, 0.6) is 0 Å². The van der Waals surface area contributed by atoms with E-state index in [2.05, 4.69) is 12.2 Å². The number of hydrogen-bond acceptors (Lipinski definition) is 5. The Balaban J connectivity index is 2.23. The average Bonchev–Trinajstić information content (AvgIpc) is 2.66. The van der Waals surface area contributed by atoms with Crippen LogP contribution < -0.4 is 9.62 Å². The van der Waals surface area contributed by atoms with Gasteiger partial charge in [0.05, 0.1) is 16.9 Å². The Morgan fingerprint density at radius 1 is 1.21 bits per heavy atom. The Kier molecular flexibility index (Phi) is 7.33. The summed E-state index contributed by atoms with van der Waals surface area (Å²) in [5, 5.41) is 13.7. The van der Waals surface area contributed by atoms with Gasteiger partial charge in [-0.1, -0.05) is 31.5 Å². The summed E-state index contributed by atoms with van der Waals surface area (Å²) >= 11 is 0. The van der Waals surface area contributed by atoms with Crippen molar-refractivity contribution >= 4 is 33.0 Å². The number of nitrogens with zero attached hydrogens (tertiary/aromatic N) is 2. The van der Waals surface area contributed by atoms with E-state index in [0.29, 0.717) is 5.69 Å². The van der Waals surface area contributed by atoms with Crippen molar-refractivity contribution in [3.05, 3.63) is 64.2 Å². The van der Waals surface area contributed by atoms with Gasteiger partial charge in [-0.2, -0.15) is 0 Å².